The average Bonchev–Trinajstić information content (AvgIpc) is 3.10. The Morgan fingerprint density at radius 2 is 1.60 bits per heavy atom. The second kappa shape index (κ2) is 7.36. The van der Waals surface area contributed by atoms with Gasteiger partial charge in [0.1, 0.15) is 0 Å². The van der Waals surface area contributed by atoms with Crippen LogP contribution >= 0.6 is 0 Å². The maximum Gasteiger partial charge on any atom is 0.319 e. The Morgan fingerprint density at radius 3 is 2.28 bits per heavy atom. The largest absolute Gasteiger partial charge is 0.335 e. The molecule has 1 aromatic rings. The van der Waals surface area contributed by atoms with Crippen LogP contribution < -0.4 is 15.5 Å². The fourth-order valence-electron chi connectivity index (χ4n) is 5.67. The van der Waals surface area contributed by atoms with Crippen LogP contribution in [0.4, 0.5) is 10.5 Å². The third-order valence-corrected chi connectivity index (χ3v) is 6.74. The molecule has 0 spiro atoms. The number of fused-ring (bicyclic) bond motifs is 2. The van der Waals surface area contributed by atoms with Crippen LogP contribution in [0.1, 0.15) is 63.4 Å². The van der Waals surface area contributed by atoms with Crippen LogP contribution in [0.25, 0.3) is 0 Å². The summed E-state index contributed by atoms with van der Waals surface area (Å²) in [5, 5.41) is 6.30. The quantitative estimate of drug-likeness (QED) is 0.777. The van der Waals surface area contributed by atoms with Gasteiger partial charge < -0.3 is 15.5 Å². The first-order valence-corrected chi connectivity index (χ1v) is 10.2. The van der Waals surface area contributed by atoms with E-state index in [2.05, 4.69) is 10.6 Å². The molecule has 4 rings (SSSR count). The number of benzene rings is 1. The van der Waals surface area contributed by atoms with Crippen LogP contribution in [0.2, 0.25) is 0 Å². The van der Waals surface area contributed by atoms with E-state index in [1.807, 2.05) is 36.1 Å². The summed E-state index contributed by atoms with van der Waals surface area (Å²) in [6.07, 6.45) is 12.1. The van der Waals surface area contributed by atoms with Crippen molar-refractivity contribution in [3.05, 3.63) is 29.8 Å². The zero-order valence-corrected chi connectivity index (χ0v) is 15.4. The van der Waals surface area contributed by atoms with E-state index < -0.39 is 0 Å². The maximum atomic E-state index is 12.5. The van der Waals surface area contributed by atoms with E-state index in [-0.39, 0.29) is 6.03 Å². The van der Waals surface area contributed by atoms with Crippen LogP contribution in [0, 0.1) is 6.92 Å². The molecule has 4 heteroatoms. The molecule has 1 saturated carbocycles. The number of nitrogens with one attached hydrogen (secondary N) is 3. The van der Waals surface area contributed by atoms with E-state index in [0.717, 1.165) is 42.2 Å². The second-order valence-corrected chi connectivity index (χ2v) is 8.39. The molecule has 2 aliphatic heterocycles. The van der Waals surface area contributed by atoms with Crippen LogP contribution in [-0.4, -0.2) is 30.2 Å². The first-order chi connectivity index (χ1) is 12.2. The normalized spacial score (nSPS) is 32.4. The number of rotatable bonds is 3. The average molecular weight is 343 g/mol. The molecule has 136 valence electrons. The Hall–Kier alpha value is -1.55. The van der Waals surface area contributed by atoms with Gasteiger partial charge in [-0.2, -0.15) is 0 Å². The molecule has 4 nitrogen and oxygen atoms in total. The number of para-hydroxylation sites is 1. The van der Waals surface area contributed by atoms with Crippen LogP contribution in [-0.2, 0) is 0 Å². The number of piperidine rings is 2. The molecule has 2 bridgehead atoms. The third kappa shape index (κ3) is 3.69. The van der Waals surface area contributed by atoms with Gasteiger partial charge in [-0.15, -0.1) is 0 Å². The van der Waals surface area contributed by atoms with Gasteiger partial charge in [0.25, 0.3) is 0 Å². The smallest absolute Gasteiger partial charge is 0.319 e. The van der Waals surface area contributed by atoms with Crippen molar-refractivity contribution in [2.24, 2.45) is 0 Å². The molecule has 2 saturated heterocycles. The van der Waals surface area contributed by atoms with Crippen molar-refractivity contribution in [2.45, 2.75) is 88.9 Å². The predicted octanol–water partition coefficient (Wildman–Crippen LogP) is 3.03. The minimum Gasteiger partial charge on any atom is -0.335 e. The summed E-state index contributed by atoms with van der Waals surface area (Å²) in [4.78, 5) is 14.4. The highest BCUT2D eigenvalue weighted by atomic mass is 16.2. The zero-order valence-electron chi connectivity index (χ0n) is 15.4. The van der Waals surface area contributed by atoms with Crippen LogP contribution in [0.3, 0.4) is 0 Å². The van der Waals surface area contributed by atoms with Crippen LogP contribution in [0.15, 0.2) is 24.3 Å². The SMILES string of the molecule is Cc1ccccc1NC(=O)NC1C[C@H]2CCC[C@H](C1)[NH+]2C1CCCC1. The van der Waals surface area contributed by atoms with E-state index in [1.54, 1.807) is 0 Å². The second-order valence-electron chi connectivity index (χ2n) is 8.39. The predicted molar refractivity (Wildman–Crippen MR) is 101 cm³/mol. The molecule has 0 aromatic heterocycles. The monoisotopic (exact) mass is 342 g/mol. The highest BCUT2D eigenvalue weighted by Gasteiger charge is 2.46. The number of anilines is 1. The molecule has 3 fully saturated rings. The summed E-state index contributed by atoms with van der Waals surface area (Å²) in [6, 6.07) is 10.7. The van der Waals surface area contributed by atoms with Crippen molar-refractivity contribution >= 4 is 11.7 Å². The molecule has 1 aromatic carbocycles. The van der Waals surface area contributed by atoms with E-state index in [1.165, 1.54) is 44.9 Å². The molecule has 25 heavy (non-hydrogen) atoms. The van der Waals surface area contributed by atoms with Gasteiger partial charge in [0, 0.05) is 24.6 Å². The molecule has 2 atom stereocenters. The Morgan fingerprint density at radius 1 is 0.960 bits per heavy atom. The summed E-state index contributed by atoms with van der Waals surface area (Å²) in [6.45, 7) is 2.03. The van der Waals surface area contributed by atoms with Gasteiger partial charge in [-0.25, -0.2) is 4.79 Å². The van der Waals surface area contributed by atoms with Crippen molar-refractivity contribution in [3.63, 3.8) is 0 Å². The number of hydrogen-bond donors (Lipinski definition) is 3. The lowest BCUT2D eigenvalue weighted by Crippen LogP contribution is -3.24. The number of amides is 2. The van der Waals surface area contributed by atoms with E-state index in [4.69, 9.17) is 0 Å². The van der Waals surface area contributed by atoms with Gasteiger partial charge >= 0.3 is 6.03 Å². The lowest BCUT2D eigenvalue weighted by atomic mass is 9.80. The Kier molecular flexibility index (Phi) is 4.98. The summed E-state index contributed by atoms with van der Waals surface area (Å²) >= 11 is 0. The summed E-state index contributed by atoms with van der Waals surface area (Å²) < 4.78 is 0. The van der Waals surface area contributed by atoms with Gasteiger partial charge in [0.05, 0.1) is 18.1 Å². The fraction of sp³-hybridized carbons (Fsp3) is 0.667. The summed E-state index contributed by atoms with van der Waals surface area (Å²) in [5.74, 6) is 0. The van der Waals surface area contributed by atoms with E-state index in [9.17, 15) is 4.79 Å². The lowest BCUT2D eigenvalue weighted by molar-refractivity contribution is -0.982. The molecular formula is C21H32N3O+. The Balaban J connectivity index is 1.36. The number of quaternary nitrogens is 1. The molecule has 0 unspecified atom stereocenters. The summed E-state index contributed by atoms with van der Waals surface area (Å²) in [5.41, 5.74) is 2.02. The van der Waals surface area contributed by atoms with Gasteiger partial charge in [-0.3, -0.25) is 0 Å². The van der Waals surface area contributed by atoms with Gasteiger partial charge in [-0.05, 0) is 63.5 Å². The maximum absolute atomic E-state index is 12.5. The topological polar surface area (TPSA) is 45.6 Å². The molecule has 2 heterocycles. The molecular weight excluding hydrogens is 310 g/mol. The van der Waals surface area contributed by atoms with E-state index in [0.29, 0.717) is 6.04 Å². The number of hydrogen-bond acceptors (Lipinski definition) is 1. The van der Waals surface area contributed by atoms with Crippen molar-refractivity contribution in [1.82, 2.24) is 5.32 Å². The molecule has 3 aliphatic rings. The zero-order chi connectivity index (χ0) is 17.2. The standard InChI is InChI=1S/C21H31N3O/c1-15-7-2-5-12-20(15)23-21(25)22-16-13-18-10-6-11-19(14-16)24(18)17-8-3-4-9-17/h2,5,7,12,16-19H,3-4,6,8-11,13-14H2,1H3,(H2,22,23,25)/p+1/t18-,19-/m1/s1. The fourth-order valence-corrected chi connectivity index (χ4v) is 5.67. The highest BCUT2D eigenvalue weighted by Crippen LogP contribution is 2.26. The molecule has 3 N–H and O–H groups in total. The minimum absolute atomic E-state index is 0.0401. The lowest BCUT2D eigenvalue weighted by Gasteiger charge is -2.48. The molecule has 1 aliphatic carbocycles. The number of carbonyl (C=O) groups is 1. The third-order valence-electron chi connectivity index (χ3n) is 6.74. The molecule has 0 radical (unpaired) electrons. The first-order valence-electron chi connectivity index (χ1n) is 10.2. The Bertz CT molecular complexity index is 597. The van der Waals surface area contributed by atoms with Crippen molar-refractivity contribution in [1.29, 1.82) is 0 Å². The number of carbonyl (C=O) groups excluding carboxylic acids is 1. The number of urea groups is 1. The molecule has 2 amide bonds. The van der Waals surface area contributed by atoms with Crippen LogP contribution in [0.5, 0.6) is 0 Å². The highest BCUT2D eigenvalue weighted by molar-refractivity contribution is 5.90. The van der Waals surface area contributed by atoms with Gasteiger partial charge in [0.15, 0.2) is 0 Å². The Labute approximate surface area is 151 Å². The van der Waals surface area contributed by atoms with Crippen molar-refractivity contribution in [2.75, 3.05) is 5.32 Å². The van der Waals surface area contributed by atoms with Gasteiger partial charge in [0.2, 0.25) is 0 Å². The van der Waals surface area contributed by atoms with Crippen molar-refractivity contribution in [3.8, 4) is 0 Å². The van der Waals surface area contributed by atoms with E-state index >= 15 is 0 Å². The number of aryl methyl sites for hydroxylation is 1. The minimum atomic E-state index is -0.0401. The van der Waals surface area contributed by atoms with Gasteiger partial charge in [-0.1, -0.05) is 18.2 Å². The van der Waals surface area contributed by atoms with Crippen molar-refractivity contribution < 1.29 is 9.69 Å². The summed E-state index contributed by atoms with van der Waals surface area (Å²) in [7, 11) is 0. The first kappa shape index (κ1) is 16.9.